The predicted molar refractivity (Wildman–Crippen MR) is 119 cm³/mol. The number of sulfone groups is 1. The predicted octanol–water partition coefficient (Wildman–Crippen LogP) is 2.90. The summed E-state index contributed by atoms with van der Waals surface area (Å²) in [4.78, 5) is 18.0. The van der Waals surface area contributed by atoms with Gasteiger partial charge in [-0.05, 0) is 43.3 Å². The molecule has 3 rings (SSSR count). The van der Waals surface area contributed by atoms with Gasteiger partial charge in [0.1, 0.15) is 11.5 Å². The van der Waals surface area contributed by atoms with E-state index in [1.54, 1.807) is 36.4 Å². The molecule has 1 amide bonds. The second kappa shape index (κ2) is 9.63. The molecule has 10 heteroatoms. The van der Waals surface area contributed by atoms with Gasteiger partial charge in [0.25, 0.3) is 5.91 Å². The Morgan fingerprint density at radius 3 is 2.55 bits per heavy atom. The molecule has 0 fully saturated rings. The molecule has 0 saturated heterocycles. The van der Waals surface area contributed by atoms with Crippen LogP contribution in [-0.4, -0.2) is 52.6 Å². The van der Waals surface area contributed by atoms with Gasteiger partial charge in [0.15, 0.2) is 14.6 Å². The van der Waals surface area contributed by atoms with Crippen LogP contribution in [0.15, 0.2) is 46.3 Å². The molecule has 0 unspecified atom stereocenters. The maximum absolute atomic E-state index is 13.0. The molecule has 0 radical (unpaired) electrons. The van der Waals surface area contributed by atoms with E-state index in [9.17, 15) is 13.2 Å². The maximum Gasteiger partial charge on any atom is 0.283 e. The molecule has 31 heavy (non-hydrogen) atoms. The lowest BCUT2D eigenvalue weighted by atomic mass is 10.2. The fourth-order valence-corrected chi connectivity index (χ4v) is 4.83. The van der Waals surface area contributed by atoms with Crippen molar-refractivity contribution in [3.05, 3.63) is 46.8 Å². The summed E-state index contributed by atoms with van der Waals surface area (Å²) in [6, 6.07) is 9.80. The van der Waals surface area contributed by atoms with Crippen LogP contribution >= 0.6 is 11.3 Å². The van der Waals surface area contributed by atoms with Crippen molar-refractivity contribution in [3.63, 3.8) is 0 Å². The van der Waals surface area contributed by atoms with Crippen LogP contribution in [0, 0.1) is 0 Å². The Balaban J connectivity index is 2.16. The highest BCUT2D eigenvalue weighted by Crippen LogP contribution is 2.25. The number of thiazole rings is 1. The van der Waals surface area contributed by atoms with Crippen LogP contribution in [0.25, 0.3) is 10.2 Å². The number of aromatic nitrogens is 1. The van der Waals surface area contributed by atoms with Crippen LogP contribution in [0.3, 0.4) is 0 Å². The van der Waals surface area contributed by atoms with E-state index in [-0.39, 0.29) is 10.5 Å². The second-order valence-corrected chi connectivity index (χ2v) is 9.64. The maximum atomic E-state index is 13.0. The number of carbonyl (C=O) groups excluding carboxylic acids is 1. The minimum atomic E-state index is -3.36. The Bertz CT molecular complexity index is 1270. The molecule has 1 heterocycles. The Labute approximate surface area is 184 Å². The third-order valence-corrected chi connectivity index (χ3v) is 6.73. The third kappa shape index (κ3) is 5.15. The summed E-state index contributed by atoms with van der Waals surface area (Å²) in [5.74, 6) is 0.407. The lowest BCUT2D eigenvalue weighted by Crippen LogP contribution is -2.20. The van der Waals surface area contributed by atoms with Gasteiger partial charge in [0, 0.05) is 19.4 Å². The zero-order valence-electron chi connectivity index (χ0n) is 17.7. The van der Waals surface area contributed by atoms with E-state index in [2.05, 4.69) is 4.99 Å². The van der Waals surface area contributed by atoms with Crippen molar-refractivity contribution >= 4 is 37.3 Å². The molecule has 8 nitrogen and oxygen atoms in total. The molecule has 0 aliphatic rings. The van der Waals surface area contributed by atoms with Crippen molar-refractivity contribution in [3.8, 4) is 11.5 Å². The standard InChI is InChI=1S/C21H24N2O6S2/c1-5-29-11-10-23-17-8-7-15(31(4,25)26)13-19(17)30-21(23)22-20(24)16-12-14(27-2)6-9-18(16)28-3/h6-9,12-13H,5,10-11H2,1-4H3. The van der Waals surface area contributed by atoms with E-state index in [0.717, 1.165) is 11.8 Å². The van der Waals surface area contributed by atoms with Crippen LogP contribution < -0.4 is 14.3 Å². The van der Waals surface area contributed by atoms with Crippen LogP contribution in [0.5, 0.6) is 11.5 Å². The third-order valence-electron chi connectivity index (χ3n) is 4.58. The highest BCUT2D eigenvalue weighted by molar-refractivity contribution is 7.90. The second-order valence-electron chi connectivity index (χ2n) is 6.62. The Kier molecular flexibility index (Phi) is 7.14. The molecule has 3 aromatic rings. The largest absolute Gasteiger partial charge is 0.497 e. The molecule has 1 aromatic heterocycles. The number of hydrogen-bond acceptors (Lipinski definition) is 7. The highest BCUT2D eigenvalue weighted by Gasteiger charge is 2.16. The summed E-state index contributed by atoms with van der Waals surface area (Å²) in [6.07, 6.45) is 1.16. The van der Waals surface area contributed by atoms with Crippen molar-refractivity contribution in [2.24, 2.45) is 4.99 Å². The van der Waals surface area contributed by atoms with Gasteiger partial charge in [-0.3, -0.25) is 4.79 Å². The minimum absolute atomic E-state index is 0.213. The molecule has 0 bridgehead atoms. The van der Waals surface area contributed by atoms with E-state index >= 15 is 0 Å². The number of rotatable bonds is 8. The zero-order chi connectivity index (χ0) is 22.6. The van der Waals surface area contributed by atoms with Crippen LogP contribution in [0.1, 0.15) is 17.3 Å². The molecular formula is C21H24N2O6S2. The summed E-state index contributed by atoms with van der Waals surface area (Å²) in [5.41, 5.74) is 1.05. The van der Waals surface area contributed by atoms with Crippen molar-refractivity contribution in [2.45, 2.75) is 18.4 Å². The van der Waals surface area contributed by atoms with Crippen LogP contribution in [0.2, 0.25) is 0 Å². The van der Waals surface area contributed by atoms with Gasteiger partial charge in [0.2, 0.25) is 0 Å². The summed E-state index contributed by atoms with van der Waals surface area (Å²) < 4.78 is 42.4. The van der Waals surface area contributed by atoms with Gasteiger partial charge in [-0.1, -0.05) is 11.3 Å². The lowest BCUT2D eigenvalue weighted by molar-refractivity contribution is 0.0993. The molecule has 0 aliphatic carbocycles. The van der Waals surface area contributed by atoms with Gasteiger partial charge in [0.05, 0.1) is 41.5 Å². The van der Waals surface area contributed by atoms with Gasteiger partial charge < -0.3 is 18.8 Å². The average molecular weight is 465 g/mol. The van der Waals surface area contributed by atoms with Crippen LogP contribution in [-0.2, 0) is 21.1 Å². The van der Waals surface area contributed by atoms with Gasteiger partial charge in [-0.2, -0.15) is 4.99 Å². The summed E-state index contributed by atoms with van der Waals surface area (Å²) in [7, 11) is -0.363. The lowest BCUT2D eigenvalue weighted by Gasteiger charge is -2.08. The molecule has 166 valence electrons. The minimum Gasteiger partial charge on any atom is -0.497 e. The number of carbonyl (C=O) groups is 1. The number of ether oxygens (including phenoxy) is 3. The number of fused-ring (bicyclic) bond motifs is 1. The average Bonchev–Trinajstić information content (AvgIpc) is 3.09. The monoisotopic (exact) mass is 464 g/mol. The molecule has 0 saturated carbocycles. The highest BCUT2D eigenvalue weighted by atomic mass is 32.2. The first kappa shape index (κ1) is 23.0. The summed E-state index contributed by atoms with van der Waals surface area (Å²) in [5, 5.41) is 0. The first-order valence-electron chi connectivity index (χ1n) is 9.50. The molecule has 0 N–H and O–H groups in total. The number of hydrogen-bond donors (Lipinski definition) is 0. The summed E-state index contributed by atoms with van der Waals surface area (Å²) >= 11 is 1.24. The first-order chi connectivity index (χ1) is 14.8. The van der Waals surface area contributed by atoms with Gasteiger partial charge in [-0.15, -0.1) is 0 Å². The quantitative estimate of drug-likeness (QED) is 0.476. The molecule has 0 spiro atoms. The Hall–Kier alpha value is -2.69. The fourth-order valence-electron chi connectivity index (χ4n) is 3.01. The SMILES string of the molecule is CCOCCn1c(=NC(=O)c2cc(OC)ccc2OC)sc2cc(S(C)(=O)=O)ccc21. The fraction of sp³-hybridized carbons (Fsp3) is 0.333. The zero-order valence-corrected chi connectivity index (χ0v) is 19.4. The Morgan fingerprint density at radius 2 is 1.90 bits per heavy atom. The van der Waals surface area contributed by atoms with E-state index in [4.69, 9.17) is 14.2 Å². The number of benzene rings is 2. The van der Waals surface area contributed by atoms with Crippen molar-refractivity contribution in [1.82, 2.24) is 4.57 Å². The topological polar surface area (TPSA) is 96.2 Å². The van der Waals surface area contributed by atoms with Crippen molar-refractivity contribution in [1.29, 1.82) is 0 Å². The first-order valence-corrected chi connectivity index (χ1v) is 12.2. The van der Waals surface area contributed by atoms with E-state index in [0.29, 0.717) is 40.8 Å². The van der Waals surface area contributed by atoms with Gasteiger partial charge >= 0.3 is 0 Å². The van der Waals surface area contributed by atoms with Gasteiger partial charge in [-0.25, -0.2) is 8.42 Å². The van der Waals surface area contributed by atoms with Crippen molar-refractivity contribution < 1.29 is 27.4 Å². The molecule has 2 aromatic carbocycles. The smallest absolute Gasteiger partial charge is 0.283 e. The normalized spacial score (nSPS) is 12.3. The van der Waals surface area contributed by atoms with E-state index < -0.39 is 15.7 Å². The van der Waals surface area contributed by atoms with Crippen LogP contribution in [0.4, 0.5) is 0 Å². The molecule has 0 aliphatic heterocycles. The summed E-state index contributed by atoms with van der Waals surface area (Å²) in [6.45, 7) is 3.36. The van der Waals surface area contributed by atoms with Crippen molar-refractivity contribution in [2.75, 3.05) is 33.7 Å². The number of nitrogens with zero attached hydrogens (tertiary/aromatic N) is 2. The van der Waals surface area contributed by atoms with E-state index in [1.165, 1.54) is 25.6 Å². The molecular weight excluding hydrogens is 440 g/mol. The number of methoxy groups -OCH3 is 2. The van der Waals surface area contributed by atoms with E-state index in [1.807, 2.05) is 11.5 Å². The Morgan fingerprint density at radius 1 is 1.13 bits per heavy atom. The molecule has 0 atom stereocenters. The number of amides is 1.